The van der Waals surface area contributed by atoms with Crippen LogP contribution in [0.4, 0.5) is 0 Å². The number of hydrogen-bond acceptors (Lipinski definition) is 4. The van der Waals surface area contributed by atoms with Gasteiger partial charge in [0.2, 0.25) is 0 Å². The number of carbonyl (C=O) groups is 2. The molecule has 1 N–H and O–H groups in total. The first-order valence-corrected chi connectivity index (χ1v) is 8.28. The Morgan fingerprint density at radius 3 is 2.62 bits per heavy atom. The smallest absolute Gasteiger partial charge is 0.309 e. The minimum Gasteiger partial charge on any atom is -0.452 e. The maximum Gasteiger partial charge on any atom is 0.309 e. The molecule has 0 aliphatic carbocycles. The molecule has 1 aromatic carbocycles. The molecule has 5 heteroatoms. The summed E-state index contributed by atoms with van der Waals surface area (Å²) in [5.41, 5.74) is 1.00. The minimum absolute atomic E-state index is 0.150. The van der Waals surface area contributed by atoms with Crippen molar-refractivity contribution in [3.63, 3.8) is 0 Å². The molecule has 1 aliphatic rings. The summed E-state index contributed by atoms with van der Waals surface area (Å²) in [6.45, 7) is 4.22. The lowest BCUT2D eigenvalue weighted by Crippen LogP contribution is -2.40. The normalized spacial score (nSPS) is 16.8. The van der Waals surface area contributed by atoms with Gasteiger partial charge in [0.25, 0.3) is 5.91 Å². The van der Waals surface area contributed by atoms with Gasteiger partial charge in [0.15, 0.2) is 6.10 Å². The Morgan fingerprint density at radius 2 is 2.00 bits per heavy atom. The largest absolute Gasteiger partial charge is 0.452 e. The summed E-state index contributed by atoms with van der Waals surface area (Å²) < 4.78 is 5.33. The lowest BCUT2D eigenvalue weighted by molar-refractivity contribution is -0.160. The Balaban J connectivity index is 1.73. The van der Waals surface area contributed by atoms with E-state index in [1.165, 1.54) is 0 Å². The first-order valence-electron chi connectivity index (χ1n) is 8.28. The molecule has 1 unspecified atom stereocenters. The van der Waals surface area contributed by atoms with E-state index in [4.69, 9.17) is 11.2 Å². The van der Waals surface area contributed by atoms with E-state index in [2.05, 4.69) is 16.1 Å². The highest BCUT2D eigenvalue weighted by molar-refractivity contribution is 5.83. The van der Waals surface area contributed by atoms with Crippen LogP contribution < -0.4 is 5.32 Å². The first-order chi connectivity index (χ1) is 11.6. The Morgan fingerprint density at radius 1 is 1.33 bits per heavy atom. The van der Waals surface area contributed by atoms with Crippen LogP contribution in [0.15, 0.2) is 30.3 Å². The molecule has 0 spiro atoms. The fraction of sp³-hybridized carbons (Fsp3) is 0.474. The number of piperidine rings is 1. The van der Waals surface area contributed by atoms with Gasteiger partial charge in [-0.15, -0.1) is 6.42 Å². The van der Waals surface area contributed by atoms with Gasteiger partial charge in [-0.25, -0.2) is 0 Å². The van der Waals surface area contributed by atoms with Crippen molar-refractivity contribution in [1.29, 1.82) is 0 Å². The molecule has 128 valence electrons. The van der Waals surface area contributed by atoms with Gasteiger partial charge in [-0.2, -0.15) is 0 Å². The fourth-order valence-corrected chi connectivity index (χ4v) is 2.71. The van der Waals surface area contributed by atoms with Crippen molar-refractivity contribution in [1.82, 2.24) is 10.2 Å². The summed E-state index contributed by atoms with van der Waals surface area (Å²) in [7, 11) is 0. The van der Waals surface area contributed by atoms with E-state index in [-0.39, 0.29) is 17.8 Å². The molecule has 1 aromatic rings. The lowest BCUT2D eigenvalue weighted by Gasteiger charge is -2.29. The monoisotopic (exact) mass is 328 g/mol. The number of likely N-dealkylation sites (tertiary alicyclic amines) is 1. The molecule has 1 amide bonds. The molecule has 1 atom stereocenters. The second-order valence-electron chi connectivity index (χ2n) is 6.04. The van der Waals surface area contributed by atoms with E-state index in [0.717, 1.165) is 31.5 Å². The Labute approximate surface area is 143 Å². The number of nitrogens with zero attached hydrogens (tertiary/aromatic N) is 1. The molecule has 24 heavy (non-hydrogen) atoms. The van der Waals surface area contributed by atoms with Gasteiger partial charge in [0, 0.05) is 6.54 Å². The molecule has 2 rings (SSSR count). The zero-order valence-electron chi connectivity index (χ0n) is 14.0. The average molecular weight is 328 g/mol. The number of nitrogens with one attached hydrogen (secondary N) is 1. The van der Waals surface area contributed by atoms with Crippen molar-refractivity contribution < 1.29 is 14.3 Å². The van der Waals surface area contributed by atoms with Crippen LogP contribution in [0.3, 0.4) is 0 Å². The predicted octanol–water partition coefficient (Wildman–Crippen LogP) is 1.58. The van der Waals surface area contributed by atoms with Gasteiger partial charge in [0.1, 0.15) is 0 Å². The fourth-order valence-electron chi connectivity index (χ4n) is 2.71. The summed E-state index contributed by atoms with van der Waals surface area (Å²) >= 11 is 0. The zero-order valence-corrected chi connectivity index (χ0v) is 14.0. The number of benzene rings is 1. The van der Waals surface area contributed by atoms with E-state index >= 15 is 0 Å². The predicted molar refractivity (Wildman–Crippen MR) is 91.8 cm³/mol. The van der Waals surface area contributed by atoms with E-state index in [9.17, 15) is 9.59 Å². The standard InChI is InChI=1S/C19H24N2O3/c1-3-11-21-12-9-17(10-13-21)19(23)24-15(2)18(22)20-14-16-7-5-4-6-8-16/h1,4-8,15,17H,9-14H2,2H3,(H,20,22). The van der Waals surface area contributed by atoms with Crippen LogP contribution in [0.25, 0.3) is 0 Å². The first kappa shape index (κ1) is 18.0. The Hall–Kier alpha value is -2.32. The maximum atomic E-state index is 12.2. The van der Waals surface area contributed by atoms with Crippen molar-refractivity contribution in [2.24, 2.45) is 5.92 Å². The Bertz CT molecular complexity index is 586. The topological polar surface area (TPSA) is 58.6 Å². The average Bonchev–Trinajstić information content (AvgIpc) is 2.61. The maximum absolute atomic E-state index is 12.2. The number of terminal acetylenes is 1. The van der Waals surface area contributed by atoms with Gasteiger partial charge in [-0.3, -0.25) is 14.5 Å². The third kappa shape index (κ3) is 5.39. The summed E-state index contributed by atoms with van der Waals surface area (Å²) in [6, 6.07) is 9.61. The van der Waals surface area contributed by atoms with Gasteiger partial charge < -0.3 is 10.1 Å². The summed E-state index contributed by atoms with van der Waals surface area (Å²) in [6.07, 6.45) is 5.95. The number of carbonyl (C=O) groups excluding carboxylic acids is 2. The molecule has 0 aromatic heterocycles. The van der Waals surface area contributed by atoms with E-state index in [0.29, 0.717) is 13.1 Å². The third-order valence-corrected chi connectivity index (χ3v) is 4.21. The lowest BCUT2D eigenvalue weighted by atomic mass is 9.97. The summed E-state index contributed by atoms with van der Waals surface area (Å²) in [5.74, 6) is 1.89. The van der Waals surface area contributed by atoms with Crippen LogP contribution in [0, 0.1) is 18.3 Å². The second kappa shape index (κ2) is 9.09. The van der Waals surface area contributed by atoms with Gasteiger partial charge in [-0.05, 0) is 38.4 Å². The van der Waals surface area contributed by atoms with Crippen molar-refractivity contribution in [2.45, 2.75) is 32.4 Å². The molecule has 1 fully saturated rings. The molecule has 0 radical (unpaired) electrons. The molecule has 1 heterocycles. The SMILES string of the molecule is C#CCN1CCC(C(=O)OC(C)C(=O)NCc2ccccc2)CC1. The highest BCUT2D eigenvalue weighted by atomic mass is 16.5. The molecule has 0 saturated carbocycles. The number of ether oxygens (including phenoxy) is 1. The van der Waals surface area contributed by atoms with Crippen LogP contribution in [0.2, 0.25) is 0 Å². The molecule has 1 aliphatic heterocycles. The molecule has 5 nitrogen and oxygen atoms in total. The van der Waals surface area contributed by atoms with Crippen LogP contribution in [0.5, 0.6) is 0 Å². The van der Waals surface area contributed by atoms with Crippen molar-refractivity contribution in [2.75, 3.05) is 19.6 Å². The van der Waals surface area contributed by atoms with E-state index in [1.807, 2.05) is 30.3 Å². The van der Waals surface area contributed by atoms with Gasteiger partial charge >= 0.3 is 5.97 Å². The molecular weight excluding hydrogens is 304 g/mol. The molecule has 0 bridgehead atoms. The molecular formula is C19H24N2O3. The third-order valence-electron chi connectivity index (χ3n) is 4.21. The minimum atomic E-state index is -0.787. The summed E-state index contributed by atoms with van der Waals surface area (Å²) in [5, 5.41) is 2.78. The van der Waals surface area contributed by atoms with Crippen LogP contribution in [-0.4, -0.2) is 42.5 Å². The Kier molecular flexibility index (Phi) is 6.83. The van der Waals surface area contributed by atoms with Crippen molar-refractivity contribution in [3.05, 3.63) is 35.9 Å². The molecule has 1 saturated heterocycles. The number of amides is 1. The number of hydrogen-bond donors (Lipinski definition) is 1. The van der Waals surface area contributed by atoms with Crippen molar-refractivity contribution >= 4 is 11.9 Å². The van der Waals surface area contributed by atoms with Crippen LogP contribution in [0.1, 0.15) is 25.3 Å². The van der Waals surface area contributed by atoms with Crippen molar-refractivity contribution in [3.8, 4) is 12.3 Å². The van der Waals surface area contributed by atoms with Gasteiger partial charge in [0.05, 0.1) is 12.5 Å². The van der Waals surface area contributed by atoms with Gasteiger partial charge in [-0.1, -0.05) is 36.3 Å². The zero-order chi connectivity index (χ0) is 17.4. The quantitative estimate of drug-likeness (QED) is 0.636. The number of esters is 1. The van der Waals surface area contributed by atoms with E-state index < -0.39 is 6.10 Å². The summed E-state index contributed by atoms with van der Waals surface area (Å²) in [4.78, 5) is 26.4. The number of rotatable bonds is 6. The van der Waals surface area contributed by atoms with E-state index in [1.54, 1.807) is 6.92 Å². The van der Waals surface area contributed by atoms with Crippen LogP contribution in [-0.2, 0) is 20.9 Å². The highest BCUT2D eigenvalue weighted by Gasteiger charge is 2.28. The second-order valence-corrected chi connectivity index (χ2v) is 6.04. The highest BCUT2D eigenvalue weighted by Crippen LogP contribution is 2.19. The van der Waals surface area contributed by atoms with Crippen LogP contribution >= 0.6 is 0 Å².